The zero-order valence-electron chi connectivity index (χ0n) is 10.8. The van der Waals surface area contributed by atoms with Crippen LogP contribution in [0.25, 0.3) is 0 Å². The number of para-hydroxylation sites is 1. The van der Waals surface area contributed by atoms with Crippen LogP contribution in [0, 0.1) is 6.92 Å². The van der Waals surface area contributed by atoms with E-state index in [0.717, 1.165) is 6.07 Å². The van der Waals surface area contributed by atoms with E-state index in [9.17, 15) is 13.2 Å². The number of anilines is 1. The number of hydrogen-bond donors (Lipinski definition) is 1. The van der Waals surface area contributed by atoms with Crippen LogP contribution in [0.15, 0.2) is 30.5 Å². The van der Waals surface area contributed by atoms with Gasteiger partial charge in [-0.05, 0) is 19.1 Å². The summed E-state index contributed by atoms with van der Waals surface area (Å²) in [6, 6.07) is 5.00. The maximum absolute atomic E-state index is 12.9. The molecule has 0 fully saturated rings. The number of alkyl halides is 3. The summed E-state index contributed by atoms with van der Waals surface area (Å²) in [5, 5.41) is 2.70. The summed E-state index contributed by atoms with van der Waals surface area (Å²) in [7, 11) is 1.61. The minimum Gasteiger partial charge on any atom is -0.438 e. The van der Waals surface area contributed by atoms with E-state index in [0.29, 0.717) is 5.56 Å². The van der Waals surface area contributed by atoms with Gasteiger partial charge in [0.05, 0.1) is 5.56 Å². The van der Waals surface area contributed by atoms with Crippen LogP contribution in [-0.2, 0) is 6.18 Å². The molecule has 0 atom stereocenters. The fourth-order valence-electron chi connectivity index (χ4n) is 1.54. The number of nitrogens with zero attached hydrogens (tertiary/aromatic N) is 2. The molecule has 0 saturated heterocycles. The highest BCUT2D eigenvalue weighted by atomic mass is 19.4. The fourth-order valence-corrected chi connectivity index (χ4v) is 1.54. The molecule has 0 amide bonds. The summed E-state index contributed by atoms with van der Waals surface area (Å²) in [6.07, 6.45) is -3.01. The molecule has 2 rings (SSSR count). The Morgan fingerprint density at radius 1 is 1.20 bits per heavy atom. The Morgan fingerprint density at radius 2 is 1.90 bits per heavy atom. The van der Waals surface area contributed by atoms with Crippen LogP contribution in [0.5, 0.6) is 11.6 Å². The Kier molecular flexibility index (Phi) is 3.78. The topological polar surface area (TPSA) is 47.0 Å². The van der Waals surface area contributed by atoms with Crippen molar-refractivity contribution in [3.8, 4) is 11.6 Å². The van der Waals surface area contributed by atoms with Crippen molar-refractivity contribution in [1.29, 1.82) is 0 Å². The SMILES string of the molecule is CNc1ncc(C)c(Oc2ccccc2C(F)(F)F)n1. The van der Waals surface area contributed by atoms with Crippen LogP contribution in [-0.4, -0.2) is 17.0 Å². The molecule has 1 aromatic heterocycles. The first-order valence-corrected chi connectivity index (χ1v) is 5.77. The van der Waals surface area contributed by atoms with Gasteiger partial charge in [0, 0.05) is 18.8 Å². The molecule has 1 aromatic carbocycles. The Bertz CT molecular complexity index is 614. The summed E-state index contributed by atoms with van der Waals surface area (Å²) in [5.74, 6) is 0.0694. The number of rotatable bonds is 3. The lowest BCUT2D eigenvalue weighted by Crippen LogP contribution is -2.08. The van der Waals surface area contributed by atoms with Gasteiger partial charge in [0.2, 0.25) is 11.8 Å². The molecule has 0 unspecified atom stereocenters. The van der Waals surface area contributed by atoms with E-state index in [1.54, 1.807) is 14.0 Å². The van der Waals surface area contributed by atoms with Gasteiger partial charge in [-0.15, -0.1) is 0 Å². The van der Waals surface area contributed by atoms with Gasteiger partial charge in [-0.2, -0.15) is 18.2 Å². The third kappa shape index (κ3) is 2.98. The van der Waals surface area contributed by atoms with Crippen LogP contribution in [0.2, 0.25) is 0 Å². The molecule has 0 aliphatic heterocycles. The maximum Gasteiger partial charge on any atom is 0.419 e. The van der Waals surface area contributed by atoms with E-state index in [1.165, 1.54) is 24.4 Å². The first kappa shape index (κ1) is 14.1. The predicted molar refractivity (Wildman–Crippen MR) is 67.8 cm³/mol. The first-order valence-electron chi connectivity index (χ1n) is 5.77. The molecule has 1 heterocycles. The highest BCUT2D eigenvalue weighted by Gasteiger charge is 2.34. The van der Waals surface area contributed by atoms with Crippen LogP contribution < -0.4 is 10.1 Å². The molecule has 106 valence electrons. The average Bonchev–Trinajstić information content (AvgIpc) is 2.41. The van der Waals surface area contributed by atoms with Crippen LogP contribution >= 0.6 is 0 Å². The van der Waals surface area contributed by atoms with E-state index in [4.69, 9.17) is 4.74 Å². The molecule has 0 saturated carbocycles. The number of halogens is 3. The van der Waals surface area contributed by atoms with Crippen LogP contribution in [0.1, 0.15) is 11.1 Å². The first-order chi connectivity index (χ1) is 9.41. The standard InChI is InChI=1S/C13H12F3N3O/c1-8-7-18-12(17-2)19-11(8)20-10-6-4-3-5-9(10)13(14,15)16/h3-7H,1-2H3,(H,17,18,19). The van der Waals surface area contributed by atoms with Gasteiger partial charge >= 0.3 is 6.18 Å². The van der Waals surface area contributed by atoms with Gasteiger partial charge in [-0.25, -0.2) is 4.98 Å². The molecular formula is C13H12F3N3O. The summed E-state index contributed by atoms with van der Waals surface area (Å²) in [5.41, 5.74) is -0.301. The minimum absolute atomic E-state index is 0.0843. The molecular weight excluding hydrogens is 271 g/mol. The summed E-state index contributed by atoms with van der Waals surface area (Å²) < 4.78 is 43.9. The van der Waals surface area contributed by atoms with E-state index < -0.39 is 11.7 Å². The average molecular weight is 283 g/mol. The van der Waals surface area contributed by atoms with Crippen molar-refractivity contribution in [1.82, 2.24) is 9.97 Å². The van der Waals surface area contributed by atoms with E-state index >= 15 is 0 Å². The molecule has 1 N–H and O–H groups in total. The summed E-state index contributed by atoms with van der Waals surface area (Å²) in [6.45, 7) is 1.66. The van der Waals surface area contributed by atoms with Gasteiger partial charge in [-0.1, -0.05) is 12.1 Å². The number of benzene rings is 1. The molecule has 0 aliphatic carbocycles. The van der Waals surface area contributed by atoms with Gasteiger partial charge in [0.1, 0.15) is 5.75 Å². The van der Waals surface area contributed by atoms with Crippen molar-refractivity contribution in [2.45, 2.75) is 13.1 Å². The van der Waals surface area contributed by atoms with Crippen molar-refractivity contribution in [2.75, 3.05) is 12.4 Å². The minimum atomic E-state index is -4.48. The zero-order valence-corrected chi connectivity index (χ0v) is 10.8. The number of aromatic nitrogens is 2. The normalized spacial score (nSPS) is 11.2. The molecule has 0 radical (unpaired) electrons. The quantitative estimate of drug-likeness (QED) is 0.934. The number of aryl methyl sites for hydroxylation is 1. The lowest BCUT2D eigenvalue weighted by molar-refractivity contribution is -0.138. The van der Waals surface area contributed by atoms with Gasteiger partial charge in [0.15, 0.2) is 0 Å². The summed E-state index contributed by atoms with van der Waals surface area (Å²) >= 11 is 0. The Hall–Kier alpha value is -2.31. The third-order valence-corrected chi connectivity index (χ3v) is 2.55. The second kappa shape index (κ2) is 5.36. The van der Waals surface area contributed by atoms with E-state index in [2.05, 4.69) is 15.3 Å². The van der Waals surface area contributed by atoms with Crippen molar-refractivity contribution in [3.63, 3.8) is 0 Å². The second-order valence-corrected chi connectivity index (χ2v) is 4.03. The lowest BCUT2D eigenvalue weighted by atomic mass is 10.2. The summed E-state index contributed by atoms with van der Waals surface area (Å²) in [4.78, 5) is 7.94. The van der Waals surface area contributed by atoms with Crippen molar-refractivity contribution in [3.05, 3.63) is 41.6 Å². The van der Waals surface area contributed by atoms with Crippen LogP contribution in [0.3, 0.4) is 0 Å². The van der Waals surface area contributed by atoms with E-state index in [1.807, 2.05) is 0 Å². The molecule has 2 aromatic rings. The van der Waals surface area contributed by atoms with Crippen molar-refractivity contribution < 1.29 is 17.9 Å². The largest absolute Gasteiger partial charge is 0.438 e. The van der Waals surface area contributed by atoms with Crippen molar-refractivity contribution in [2.24, 2.45) is 0 Å². The lowest BCUT2D eigenvalue weighted by Gasteiger charge is -2.14. The Morgan fingerprint density at radius 3 is 2.55 bits per heavy atom. The number of ether oxygens (including phenoxy) is 1. The van der Waals surface area contributed by atoms with Crippen LogP contribution in [0.4, 0.5) is 19.1 Å². The molecule has 20 heavy (non-hydrogen) atoms. The van der Waals surface area contributed by atoms with Gasteiger partial charge in [-0.3, -0.25) is 0 Å². The second-order valence-electron chi connectivity index (χ2n) is 4.03. The molecule has 4 nitrogen and oxygen atoms in total. The molecule has 7 heteroatoms. The third-order valence-electron chi connectivity index (χ3n) is 2.55. The highest BCUT2D eigenvalue weighted by Crippen LogP contribution is 2.38. The molecule has 0 aliphatic rings. The monoisotopic (exact) mass is 283 g/mol. The predicted octanol–water partition coefficient (Wildman–Crippen LogP) is 3.64. The highest BCUT2D eigenvalue weighted by molar-refractivity contribution is 5.40. The Labute approximate surface area is 113 Å². The van der Waals surface area contributed by atoms with Gasteiger partial charge < -0.3 is 10.1 Å². The fraction of sp³-hybridized carbons (Fsp3) is 0.231. The number of hydrogen-bond acceptors (Lipinski definition) is 4. The molecule has 0 bridgehead atoms. The van der Waals surface area contributed by atoms with Gasteiger partial charge in [0.25, 0.3) is 0 Å². The zero-order chi connectivity index (χ0) is 14.8. The Balaban J connectivity index is 2.40. The molecule has 0 spiro atoms. The number of nitrogens with one attached hydrogen (secondary N) is 1. The smallest absolute Gasteiger partial charge is 0.419 e. The van der Waals surface area contributed by atoms with Crippen molar-refractivity contribution >= 4 is 5.95 Å². The van der Waals surface area contributed by atoms with E-state index in [-0.39, 0.29) is 17.6 Å². The maximum atomic E-state index is 12.9.